The number of benzene rings is 1. The summed E-state index contributed by atoms with van der Waals surface area (Å²) in [6, 6.07) is 9.01. The molecule has 0 fully saturated rings. The number of carbonyl (C=O) groups excluding carboxylic acids is 2. The summed E-state index contributed by atoms with van der Waals surface area (Å²) in [7, 11) is 0. The fourth-order valence-corrected chi connectivity index (χ4v) is 4.38. The van der Waals surface area contributed by atoms with Crippen molar-refractivity contribution in [2.75, 3.05) is 18.4 Å². The van der Waals surface area contributed by atoms with Crippen LogP contribution in [0, 0.1) is 12.8 Å². The number of aromatic nitrogens is 2. The number of nitrogens with zero attached hydrogens (tertiary/aromatic N) is 3. The van der Waals surface area contributed by atoms with Crippen LogP contribution in [0.4, 0.5) is 5.69 Å². The summed E-state index contributed by atoms with van der Waals surface area (Å²) in [4.78, 5) is 28.8. The number of nitrogens with one attached hydrogen (secondary N) is 1. The zero-order chi connectivity index (χ0) is 21.1. The number of fused-ring (bicyclic) bond motifs is 1. The first-order valence-corrected chi connectivity index (χ1v) is 10.8. The molecule has 0 aliphatic rings. The van der Waals surface area contributed by atoms with Gasteiger partial charge in [-0.2, -0.15) is 5.10 Å². The fraction of sp³-hybridized carbons (Fsp3) is 0.409. The van der Waals surface area contributed by atoms with Gasteiger partial charge in [-0.3, -0.25) is 14.3 Å². The number of hydrogen-bond acceptors (Lipinski definition) is 4. The molecule has 2 aromatic heterocycles. The van der Waals surface area contributed by atoms with Crippen molar-refractivity contribution >= 4 is 39.1 Å². The third-order valence-corrected chi connectivity index (χ3v) is 5.93. The second kappa shape index (κ2) is 8.78. The van der Waals surface area contributed by atoms with Crippen molar-refractivity contribution < 1.29 is 9.59 Å². The van der Waals surface area contributed by atoms with E-state index in [2.05, 4.69) is 24.3 Å². The summed E-state index contributed by atoms with van der Waals surface area (Å²) >= 11 is 1.45. The SMILES string of the molecule is CCN(CC)C(=O)c1cccc(NC(=O)c2cc3c(C)nn(CC(C)C)c3s2)c1. The predicted molar refractivity (Wildman–Crippen MR) is 119 cm³/mol. The summed E-state index contributed by atoms with van der Waals surface area (Å²) in [5, 5.41) is 8.54. The number of amides is 2. The number of aryl methyl sites for hydroxylation is 1. The Hall–Kier alpha value is -2.67. The minimum absolute atomic E-state index is 0.0302. The lowest BCUT2D eigenvalue weighted by Gasteiger charge is -2.18. The van der Waals surface area contributed by atoms with Crippen LogP contribution < -0.4 is 5.32 Å². The van der Waals surface area contributed by atoms with E-state index in [1.807, 2.05) is 31.5 Å². The first-order chi connectivity index (χ1) is 13.8. The summed E-state index contributed by atoms with van der Waals surface area (Å²) in [5.74, 6) is 0.273. The van der Waals surface area contributed by atoms with Crippen LogP contribution in [-0.4, -0.2) is 39.6 Å². The lowest BCUT2D eigenvalue weighted by Crippen LogP contribution is -2.30. The number of anilines is 1. The van der Waals surface area contributed by atoms with Gasteiger partial charge in [-0.05, 0) is 51.0 Å². The highest BCUT2D eigenvalue weighted by molar-refractivity contribution is 7.20. The van der Waals surface area contributed by atoms with Gasteiger partial charge < -0.3 is 10.2 Å². The minimum Gasteiger partial charge on any atom is -0.339 e. The molecule has 0 saturated carbocycles. The van der Waals surface area contributed by atoms with Crippen molar-refractivity contribution in [3.05, 3.63) is 46.5 Å². The fourth-order valence-electron chi connectivity index (χ4n) is 3.31. The van der Waals surface area contributed by atoms with E-state index in [9.17, 15) is 9.59 Å². The van der Waals surface area contributed by atoms with Crippen LogP contribution in [0.3, 0.4) is 0 Å². The molecule has 0 aliphatic carbocycles. The molecule has 0 bridgehead atoms. The van der Waals surface area contributed by atoms with Crippen LogP contribution in [0.2, 0.25) is 0 Å². The molecule has 7 heteroatoms. The third-order valence-electron chi connectivity index (χ3n) is 4.79. The standard InChI is InChI=1S/C22H28N4O2S/c1-6-25(7-2)21(28)16-9-8-10-17(11-16)23-20(27)19-12-18-15(5)24-26(13-14(3)4)22(18)29-19/h8-12,14H,6-7,13H2,1-5H3,(H,23,27). The molecule has 0 aliphatic heterocycles. The maximum Gasteiger partial charge on any atom is 0.265 e. The molecule has 3 aromatic rings. The van der Waals surface area contributed by atoms with Crippen molar-refractivity contribution in [3.63, 3.8) is 0 Å². The van der Waals surface area contributed by atoms with Gasteiger partial charge in [0.2, 0.25) is 0 Å². The Morgan fingerprint density at radius 1 is 1.21 bits per heavy atom. The molecule has 0 unspecified atom stereocenters. The van der Waals surface area contributed by atoms with Crippen molar-refractivity contribution in [2.24, 2.45) is 5.92 Å². The monoisotopic (exact) mass is 412 g/mol. The Bertz CT molecular complexity index is 1030. The van der Waals surface area contributed by atoms with Gasteiger partial charge in [-0.25, -0.2) is 0 Å². The van der Waals surface area contributed by atoms with Crippen molar-refractivity contribution in [3.8, 4) is 0 Å². The minimum atomic E-state index is -0.172. The highest BCUT2D eigenvalue weighted by Crippen LogP contribution is 2.29. The van der Waals surface area contributed by atoms with E-state index in [0.29, 0.717) is 35.1 Å². The van der Waals surface area contributed by atoms with E-state index in [-0.39, 0.29) is 11.8 Å². The van der Waals surface area contributed by atoms with Crippen molar-refractivity contribution in [1.29, 1.82) is 0 Å². The van der Waals surface area contributed by atoms with E-state index in [4.69, 9.17) is 0 Å². The smallest absolute Gasteiger partial charge is 0.265 e. The average Bonchev–Trinajstić information content (AvgIpc) is 3.24. The molecule has 1 aromatic carbocycles. The molecule has 6 nitrogen and oxygen atoms in total. The number of thiophene rings is 1. The second-order valence-electron chi connectivity index (χ2n) is 7.50. The average molecular weight is 413 g/mol. The molecule has 29 heavy (non-hydrogen) atoms. The molecule has 3 rings (SSSR count). The second-order valence-corrected chi connectivity index (χ2v) is 8.53. The van der Waals surface area contributed by atoms with Gasteiger partial charge in [0.15, 0.2) is 0 Å². The third kappa shape index (κ3) is 4.50. The summed E-state index contributed by atoms with van der Waals surface area (Å²) in [5.41, 5.74) is 2.13. The van der Waals surface area contributed by atoms with Gasteiger partial charge in [0, 0.05) is 36.3 Å². The quantitative estimate of drug-likeness (QED) is 0.606. The summed E-state index contributed by atoms with van der Waals surface area (Å²) in [6.07, 6.45) is 0. The number of carbonyl (C=O) groups is 2. The normalized spacial score (nSPS) is 11.2. The molecular formula is C22H28N4O2S. The maximum absolute atomic E-state index is 12.8. The van der Waals surface area contributed by atoms with E-state index < -0.39 is 0 Å². The first kappa shape index (κ1) is 21.0. The van der Waals surface area contributed by atoms with Crippen LogP contribution in [0.25, 0.3) is 10.2 Å². The van der Waals surface area contributed by atoms with Gasteiger partial charge in [0.1, 0.15) is 4.83 Å². The van der Waals surface area contributed by atoms with E-state index in [1.165, 1.54) is 11.3 Å². The van der Waals surface area contributed by atoms with Crippen LogP contribution in [0.1, 0.15) is 53.4 Å². The Morgan fingerprint density at radius 3 is 2.59 bits per heavy atom. The van der Waals surface area contributed by atoms with E-state index >= 15 is 0 Å². The maximum atomic E-state index is 12.8. The van der Waals surface area contributed by atoms with Gasteiger partial charge in [0.05, 0.1) is 10.6 Å². The zero-order valence-corrected chi connectivity index (χ0v) is 18.5. The molecule has 0 spiro atoms. The molecule has 2 amide bonds. The topological polar surface area (TPSA) is 67.2 Å². The highest BCUT2D eigenvalue weighted by Gasteiger charge is 2.18. The van der Waals surface area contributed by atoms with Gasteiger partial charge in [0.25, 0.3) is 11.8 Å². The summed E-state index contributed by atoms with van der Waals surface area (Å²) < 4.78 is 1.99. The largest absolute Gasteiger partial charge is 0.339 e. The van der Waals surface area contributed by atoms with Crippen LogP contribution >= 0.6 is 11.3 Å². The number of rotatable bonds is 7. The Morgan fingerprint density at radius 2 is 1.93 bits per heavy atom. The van der Waals surface area contributed by atoms with Gasteiger partial charge in [-0.15, -0.1) is 11.3 Å². The van der Waals surface area contributed by atoms with Gasteiger partial charge in [-0.1, -0.05) is 19.9 Å². The molecular weight excluding hydrogens is 384 g/mol. The molecule has 2 heterocycles. The van der Waals surface area contributed by atoms with Crippen molar-refractivity contribution in [2.45, 2.75) is 41.2 Å². The number of hydrogen-bond donors (Lipinski definition) is 1. The highest BCUT2D eigenvalue weighted by atomic mass is 32.1. The molecule has 0 atom stereocenters. The van der Waals surface area contributed by atoms with Crippen LogP contribution in [0.5, 0.6) is 0 Å². The van der Waals surface area contributed by atoms with Crippen LogP contribution in [0.15, 0.2) is 30.3 Å². The summed E-state index contributed by atoms with van der Waals surface area (Å²) in [6.45, 7) is 12.3. The molecule has 154 valence electrons. The zero-order valence-electron chi connectivity index (χ0n) is 17.7. The van der Waals surface area contributed by atoms with Crippen molar-refractivity contribution in [1.82, 2.24) is 14.7 Å². The molecule has 0 radical (unpaired) electrons. The van der Waals surface area contributed by atoms with Gasteiger partial charge >= 0.3 is 0 Å². The first-order valence-electron chi connectivity index (χ1n) is 10.0. The Balaban J connectivity index is 1.82. The predicted octanol–water partition coefficient (Wildman–Crippen LogP) is 4.80. The van der Waals surface area contributed by atoms with Crippen LogP contribution in [-0.2, 0) is 6.54 Å². The molecule has 1 N–H and O–H groups in total. The lowest BCUT2D eigenvalue weighted by atomic mass is 10.1. The van der Waals surface area contributed by atoms with E-state index in [1.54, 1.807) is 29.2 Å². The molecule has 0 saturated heterocycles. The Kier molecular flexibility index (Phi) is 6.37. The lowest BCUT2D eigenvalue weighted by molar-refractivity contribution is 0.0772. The Labute approximate surface area is 175 Å². The van der Waals surface area contributed by atoms with E-state index in [0.717, 1.165) is 22.5 Å².